The average Bonchev–Trinajstić information content (AvgIpc) is 3.49. The fraction of sp³-hybridized carbons (Fsp3) is 0.0952. The molecule has 6 nitrogen and oxygen atoms in total. The predicted molar refractivity (Wildman–Crippen MR) is 297 cm³/mol. The van der Waals surface area contributed by atoms with E-state index in [1.165, 1.54) is 36.4 Å². The quantitative estimate of drug-likeness (QED) is 0.0630. The van der Waals surface area contributed by atoms with Gasteiger partial charge < -0.3 is 14.0 Å². The van der Waals surface area contributed by atoms with E-state index in [0.717, 1.165) is 36.4 Å². The number of halogens is 9. The minimum Gasteiger partial charge on any atom is -0.414 e. The predicted octanol–water partition coefficient (Wildman–Crippen LogP) is 11.7. The van der Waals surface area contributed by atoms with Gasteiger partial charge in [0.15, 0.2) is 0 Å². The molecule has 402 valence electrons. The molecule has 3 unspecified atom stereocenters. The molecule has 0 saturated heterocycles. The first-order valence-electron chi connectivity index (χ1n) is 25.6. The first-order chi connectivity index (χ1) is 39.1. The van der Waals surface area contributed by atoms with Crippen LogP contribution in [-0.2, 0) is 32.5 Å². The molecule has 0 saturated carbocycles. The maximum absolute atomic E-state index is 14.1. The standard InChI is InChI=1S/C63H45B3F9N3O3/c67-61(68,69)46-31-25-43(26-32-46)58(55-22-10-13-37-76-55)79-64(49-16-4-1-5-17-49)52-40-53(65(50-18-6-2-7-19-50)80-59(56-23-11-14-38-77-56)44-27-33-47(34-28-44)62(70,71)72)42-54(41-52)66(51-20-8-3-9-21-51)81-60(57-24-12-15-39-78-57)45-29-35-48(36-30-45)63(73,74)75/h1-42,58-60H. The Labute approximate surface area is 462 Å². The summed E-state index contributed by atoms with van der Waals surface area (Å²) < 4.78 is 148. The lowest BCUT2D eigenvalue weighted by atomic mass is 9.46. The molecule has 7 aromatic carbocycles. The van der Waals surface area contributed by atoms with Crippen molar-refractivity contribution < 1.29 is 53.5 Å². The Morgan fingerprint density at radius 1 is 0.272 bits per heavy atom. The number of alkyl halides is 9. The van der Waals surface area contributed by atoms with Crippen molar-refractivity contribution >= 4 is 53.5 Å². The molecule has 81 heavy (non-hydrogen) atoms. The summed E-state index contributed by atoms with van der Waals surface area (Å²) in [6, 6.07) is 62.6. The van der Waals surface area contributed by atoms with Crippen LogP contribution in [0.4, 0.5) is 39.5 Å². The smallest absolute Gasteiger partial charge is 0.414 e. The summed E-state index contributed by atoms with van der Waals surface area (Å²) in [5, 5.41) is 0. The molecule has 18 heteroatoms. The lowest BCUT2D eigenvalue weighted by Crippen LogP contribution is -2.56. The third-order valence-corrected chi connectivity index (χ3v) is 13.5. The minimum absolute atomic E-state index is 0.361. The molecule has 0 amide bonds. The van der Waals surface area contributed by atoms with E-state index in [-0.39, 0.29) is 0 Å². The van der Waals surface area contributed by atoms with Crippen molar-refractivity contribution in [1.29, 1.82) is 0 Å². The monoisotopic (exact) mass is 1100 g/mol. The Morgan fingerprint density at radius 2 is 0.506 bits per heavy atom. The first kappa shape index (κ1) is 55.7. The molecular formula is C63H45B3F9N3O3. The number of rotatable bonds is 18. The summed E-state index contributed by atoms with van der Waals surface area (Å²) in [5.41, 5.74) is 2.99. The third-order valence-electron chi connectivity index (χ3n) is 13.5. The molecule has 0 fully saturated rings. The molecule has 0 spiro atoms. The molecule has 0 aliphatic rings. The van der Waals surface area contributed by atoms with Crippen LogP contribution in [0.3, 0.4) is 0 Å². The molecule has 0 aliphatic carbocycles. The lowest BCUT2D eigenvalue weighted by Gasteiger charge is -2.29. The highest BCUT2D eigenvalue weighted by atomic mass is 19.4. The largest absolute Gasteiger partial charge is 0.416 e. The zero-order valence-electron chi connectivity index (χ0n) is 42.7. The molecule has 0 aliphatic heterocycles. The van der Waals surface area contributed by atoms with E-state index in [2.05, 4.69) is 15.0 Å². The molecule has 10 aromatic rings. The summed E-state index contributed by atoms with van der Waals surface area (Å²) in [5.74, 6) is 0. The van der Waals surface area contributed by atoms with Gasteiger partial charge in [0.05, 0.1) is 33.8 Å². The Balaban J connectivity index is 1.21. The number of aromatic nitrogens is 3. The number of nitrogens with zero attached hydrogens (tertiary/aromatic N) is 3. The van der Waals surface area contributed by atoms with E-state index in [9.17, 15) is 39.5 Å². The maximum Gasteiger partial charge on any atom is 0.416 e. The van der Waals surface area contributed by atoms with Crippen LogP contribution >= 0.6 is 0 Å². The fourth-order valence-electron chi connectivity index (χ4n) is 9.59. The van der Waals surface area contributed by atoms with Crippen molar-refractivity contribution in [2.45, 2.75) is 36.8 Å². The zero-order chi connectivity index (χ0) is 56.6. The van der Waals surface area contributed by atoms with Crippen LogP contribution in [0.15, 0.2) is 255 Å². The normalized spacial score (nSPS) is 13.0. The zero-order valence-corrected chi connectivity index (χ0v) is 42.7. The van der Waals surface area contributed by atoms with Gasteiger partial charge in [-0.25, -0.2) is 0 Å². The summed E-state index contributed by atoms with van der Waals surface area (Å²) in [7, 11) is 0. The van der Waals surface area contributed by atoms with Crippen molar-refractivity contribution in [2.75, 3.05) is 0 Å². The molecule has 0 bridgehead atoms. The van der Waals surface area contributed by atoms with Gasteiger partial charge in [-0.15, -0.1) is 0 Å². The van der Waals surface area contributed by atoms with E-state index in [4.69, 9.17) is 14.0 Å². The van der Waals surface area contributed by atoms with Gasteiger partial charge in [-0.2, -0.15) is 39.5 Å². The molecular weight excluding hydrogens is 1050 g/mol. The fourth-order valence-corrected chi connectivity index (χ4v) is 9.59. The van der Waals surface area contributed by atoms with Gasteiger partial charge in [0.1, 0.15) is 18.3 Å². The van der Waals surface area contributed by atoms with Crippen molar-refractivity contribution in [3.05, 3.63) is 306 Å². The first-order valence-corrected chi connectivity index (χ1v) is 25.6. The molecule has 3 atom stereocenters. The number of hydrogen-bond acceptors (Lipinski definition) is 6. The van der Waals surface area contributed by atoms with Crippen LogP contribution in [0.5, 0.6) is 0 Å². The topological polar surface area (TPSA) is 66.4 Å². The molecule has 0 N–H and O–H groups in total. The average molecular weight is 1100 g/mol. The molecule has 10 rings (SSSR count). The molecule has 3 heterocycles. The number of benzene rings is 7. The van der Waals surface area contributed by atoms with E-state index in [1.807, 2.05) is 109 Å². The van der Waals surface area contributed by atoms with Crippen molar-refractivity contribution in [3.8, 4) is 0 Å². The van der Waals surface area contributed by atoms with E-state index in [1.54, 1.807) is 73.2 Å². The van der Waals surface area contributed by atoms with Gasteiger partial charge in [0.2, 0.25) is 0 Å². The van der Waals surface area contributed by atoms with Gasteiger partial charge in [0.25, 0.3) is 0 Å². The minimum atomic E-state index is -4.62. The highest BCUT2D eigenvalue weighted by molar-refractivity contribution is 6.86. The summed E-state index contributed by atoms with van der Waals surface area (Å²) >= 11 is 0. The van der Waals surface area contributed by atoms with E-state index in [0.29, 0.717) is 66.5 Å². The van der Waals surface area contributed by atoms with Crippen LogP contribution in [0.2, 0.25) is 0 Å². The van der Waals surface area contributed by atoms with Crippen LogP contribution < -0.4 is 32.8 Å². The highest BCUT2D eigenvalue weighted by Gasteiger charge is 2.38. The van der Waals surface area contributed by atoms with Crippen LogP contribution in [0.25, 0.3) is 0 Å². The number of hydrogen-bond donors (Lipinski definition) is 0. The van der Waals surface area contributed by atoms with Gasteiger partial charge in [-0.3, -0.25) is 15.0 Å². The second kappa shape index (κ2) is 24.4. The Kier molecular flexibility index (Phi) is 16.8. The van der Waals surface area contributed by atoms with Crippen molar-refractivity contribution in [1.82, 2.24) is 15.0 Å². The van der Waals surface area contributed by atoms with Gasteiger partial charge in [0, 0.05) is 18.6 Å². The van der Waals surface area contributed by atoms with E-state index < -0.39 is 74.3 Å². The van der Waals surface area contributed by atoms with Gasteiger partial charge >= 0.3 is 39.3 Å². The Hall–Kier alpha value is -8.57. The van der Waals surface area contributed by atoms with Crippen LogP contribution in [-0.4, -0.2) is 35.7 Å². The lowest BCUT2D eigenvalue weighted by molar-refractivity contribution is -0.138. The Bertz CT molecular complexity index is 3210. The van der Waals surface area contributed by atoms with Crippen molar-refractivity contribution in [2.24, 2.45) is 0 Å². The third kappa shape index (κ3) is 13.5. The van der Waals surface area contributed by atoms with E-state index >= 15 is 0 Å². The highest BCUT2D eigenvalue weighted by Crippen LogP contribution is 2.35. The van der Waals surface area contributed by atoms with Crippen molar-refractivity contribution in [3.63, 3.8) is 0 Å². The SMILES string of the molecule is FC(F)(F)c1ccc(C(OB(c2ccccc2)c2cc(B(OC(c3ccc(C(F)(F)F)cc3)c3ccccn3)c3ccccc3)cc(B(OC(c3ccc(C(F)(F)F)cc3)c3ccccn3)c3ccccc3)c2)c2ccccn2)cc1. The second-order valence-corrected chi connectivity index (χ2v) is 19.0. The van der Waals surface area contributed by atoms with Crippen LogP contribution in [0.1, 0.15) is 68.8 Å². The van der Waals surface area contributed by atoms with Gasteiger partial charge in [-0.1, -0.05) is 164 Å². The molecule has 0 radical (unpaired) electrons. The molecule has 3 aromatic heterocycles. The van der Waals surface area contributed by atoms with Gasteiger partial charge in [-0.05, 0) is 122 Å². The summed E-state index contributed by atoms with van der Waals surface area (Å²) in [4.78, 5) is 13.9. The summed E-state index contributed by atoms with van der Waals surface area (Å²) in [6.07, 6.45) is -12.4. The van der Waals surface area contributed by atoms with Crippen LogP contribution in [0, 0.1) is 0 Å². The maximum atomic E-state index is 14.1. The second-order valence-electron chi connectivity index (χ2n) is 19.0. The number of pyridine rings is 3. The summed E-state index contributed by atoms with van der Waals surface area (Å²) in [6.45, 7) is -3.14. The Morgan fingerprint density at radius 3 is 0.716 bits per heavy atom.